The summed E-state index contributed by atoms with van der Waals surface area (Å²) in [5, 5.41) is 5.63. The van der Waals surface area contributed by atoms with Crippen LogP contribution in [0.15, 0.2) is 0 Å². The molecule has 0 aliphatic carbocycles. The van der Waals surface area contributed by atoms with E-state index in [9.17, 15) is 18.0 Å². The van der Waals surface area contributed by atoms with Gasteiger partial charge in [-0.15, -0.1) is 0 Å². The Morgan fingerprint density at radius 1 is 1.59 bits per heavy atom. The van der Waals surface area contributed by atoms with Gasteiger partial charge >= 0.3 is 6.18 Å². The summed E-state index contributed by atoms with van der Waals surface area (Å²) in [5.41, 5.74) is -1.07. The Hall–Kier alpha value is -1.28. The van der Waals surface area contributed by atoms with Gasteiger partial charge in [0.15, 0.2) is 5.69 Å². The molecule has 2 rings (SSSR count). The summed E-state index contributed by atoms with van der Waals surface area (Å²) in [7, 11) is 0. The molecule has 0 aromatic carbocycles. The normalized spacial score (nSPS) is 20.2. The van der Waals surface area contributed by atoms with E-state index < -0.39 is 22.8 Å². The quantitative estimate of drug-likeness (QED) is 0.917. The van der Waals surface area contributed by atoms with Gasteiger partial charge in [-0.25, -0.2) is 0 Å². The van der Waals surface area contributed by atoms with E-state index in [1.165, 1.54) is 6.92 Å². The molecular formula is C13H17ClF3N3O2. The van der Waals surface area contributed by atoms with E-state index in [-0.39, 0.29) is 24.4 Å². The van der Waals surface area contributed by atoms with E-state index in [0.29, 0.717) is 6.61 Å². The van der Waals surface area contributed by atoms with Crippen LogP contribution >= 0.6 is 11.6 Å². The highest BCUT2D eigenvalue weighted by Crippen LogP contribution is 2.35. The number of rotatable bonds is 4. The summed E-state index contributed by atoms with van der Waals surface area (Å²) in [6.45, 7) is 3.53. The molecule has 2 atom stereocenters. The fourth-order valence-electron chi connectivity index (χ4n) is 2.38. The van der Waals surface area contributed by atoms with Crippen LogP contribution in [0.4, 0.5) is 13.2 Å². The third kappa shape index (κ3) is 3.73. The number of nitrogens with zero attached hydrogens (tertiary/aromatic N) is 2. The van der Waals surface area contributed by atoms with Crippen molar-refractivity contribution in [2.45, 2.75) is 51.6 Å². The predicted molar refractivity (Wildman–Crippen MR) is 73.6 cm³/mol. The Balaban J connectivity index is 2.02. The van der Waals surface area contributed by atoms with Crippen LogP contribution in [0.5, 0.6) is 0 Å². The highest BCUT2D eigenvalue weighted by molar-refractivity contribution is 6.32. The lowest BCUT2D eigenvalue weighted by atomic mass is 10.1. The number of carbonyl (C=O) groups excluding carboxylic acids is 1. The average Bonchev–Trinajstić information content (AvgIpc) is 3.02. The van der Waals surface area contributed by atoms with Crippen molar-refractivity contribution in [2.24, 2.45) is 0 Å². The molecule has 1 aliphatic heterocycles. The molecule has 1 N–H and O–H groups in total. The zero-order valence-corrected chi connectivity index (χ0v) is 13.0. The molecule has 1 fully saturated rings. The molecule has 2 heterocycles. The summed E-state index contributed by atoms with van der Waals surface area (Å²) in [6, 6.07) is -0.205. The fraction of sp³-hybridized carbons (Fsp3) is 0.692. The lowest BCUT2D eigenvalue weighted by Gasteiger charge is -2.20. The second kappa shape index (κ2) is 6.45. The number of halogens is 4. The van der Waals surface area contributed by atoms with Crippen molar-refractivity contribution in [3.63, 3.8) is 0 Å². The van der Waals surface area contributed by atoms with Crippen LogP contribution in [0, 0.1) is 6.92 Å². The van der Waals surface area contributed by atoms with Gasteiger partial charge in [0.25, 0.3) is 0 Å². The Kier molecular flexibility index (Phi) is 5.01. The number of alkyl halides is 3. The first-order chi connectivity index (χ1) is 10.2. The zero-order chi connectivity index (χ0) is 16.5. The number of hydrogen-bond acceptors (Lipinski definition) is 3. The van der Waals surface area contributed by atoms with Gasteiger partial charge < -0.3 is 10.1 Å². The summed E-state index contributed by atoms with van der Waals surface area (Å²) >= 11 is 5.64. The van der Waals surface area contributed by atoms with E-state index in [1.807, 2.05) is 0 Å². The fourth-order valence-corrected chi connectivity index (χ4v) is 2.63. The maximum atomic E-state index is 12.7. The van der Waals surface area contributed by atoms with Gasteiger partial charge in [0.2, 0.25) is 5.91 Å². The van der Waals surface area contributed by atoms with E-state index in [0.717, 1.165) is 17.5 Å². The Labute approximate surface area is 130 Å². The van der Waals surface area contributed by atoms with E-state index in [1.54, 1.807) is 6.92 Å². The largest absolute Gasteiger partial charge is 0.436 e. The minimum atomic E-state index is -4.64. The second-order valence-electron chi connectivity index (χ2n) is 5.31. The second-order valence-corrected chi connectivity index (χ2v) is 5.69. The molecule has 5 nitrogen and oxygen atoms in total. The number of carbonyl (C=O) groups is 1. The predicted octanol–water partition coefficient (Wildman–Crippen LogP) is 2.55. The maximum Gasteiger partial charge on any atom is 0.436 e. The lowest BCUT2D eigenvalue weighted by molar-refractivity contribution is -0.141. The van der Waals surface area contributed by atoms with Crippen molar-refractivity contribution in [3.8, 4) is 0 Å². The molecule has 1 amide bonds. The summed E-state index contributed by atoms with van der Waals surface area (Å²) in [5.74, 6) is -0.431. The van der Waals surface area contributed by atoms with Gasteiger partial charge in [-0.05, 0) is 26.7 Å². The third-order valence-electron chi connectivity index (χ3n) is 3.61. The molecular weight excluding hydrogens is 323 g/mol. The third-order valence-corrected chi connectivity index (χ3v) is 4.06. The molecule has 1 saturated heterocycles. The van der Waals surface area contributed by atoms with Crippen molar-refractivity contribution >= 4 is 17.5 Å². The number of ether oxygens (including phenoxy) is 1. The molecule has 22 heavy (non-hydrogen) atoms. The first-order valence-corrected chi connectivity index (χ1v) is 7.29. The average molecular weight is 340 g/mol. The van der Waals surface area contributed by atoms with Crippen LogP contribution in [-0.2, 0) is 22.3 Å². The number of aromatic nitrogens is 2. The van der Waals surface area contributed by atoms with Gasteiger partial charge in [0.1, 0.15) is 6.54 Å². The zero-order valence-electron chi connectivity index (χ0n) is 12.2. The van der Waals surface area contributed by atoms with Crippen molar-refractivity contribution in [3.05, 3.63) is 16.4 Å². The van der Waals surface area contributed by atoms with E-state index in [2.05, 4.69) is 10.4 Å². The highest BCUT2D eigenvalue weighted by Gasteiger charge is 2.38. The summed E-state index contributed by atoms with van der Waals surface area (Å²) in [4.78, 5) is 12.0. The number of hydrogen-bond donors (Lipinski definition) is 1. The molecule has 1 aromatic heterocycles. The molecule has 1 aliphatic rings. The molecule has 0 bridgehead atoms. The molecule has 9 heteroatoms. The molecule has 0 radical (unpaired) electrons. The van der Waals surface area contributed by atoms with Gasteiger partial charge in [-0.1, -0.05) is 11.6 Å². The van der Waals surface area contributed by atoms with Crippen molar-refractivity contribution in [2.75, 3.05) is 6.61 Å². The first-order valence-electron chi connectivity index (χ1n) is 6.91. The van der Waals surface area contributed by atoms with Crippen LogP contribution in [0.3, 0.4) is 0 Å². The lowest BCUT2D eigenvalue weighted by Crippen LogP contribution is -2.42. The summed E-state index contributed by atoms with van der Waals surface area (Å²) < 4.78 is 44.6. The standard InChI is InChI=1S/C13H17ClF3N3O2/c1-7(9-4-3-5-22-9)18-10(21)6-20-8(2)11(14)12(19-20)13(15,16)17/h7,9H,3-6H2,1-2H3,(H,18,21)/t7-,9-/m1/s1. The maximum absolute atomic E-state index is 12.7. The van der Waals surface area contributed by atoms with Crippen LogP contribution in [0.2, 0.25) is 5.02 Å². The van der Waals surface area contributed by atoms with Crippen LogP contribution < -0.4 is 5.32 Å². The Morgan fingerprint density at radius 3 is 2.77 bits per heavy atom. The molecule has 124 valence electrons. The minimum absolute atomic E-state index is 0.0583. The molecule has 1 aromatic rings. The SMILES string of the molecule is Cc1c(Cl)c(C(F)(F)F)nn1CC(=O)N[C@H](C)[C@H]1CCCO1. The van der Waals surface area contributed by atoms with Gasteiger partial charge in [0, 0.05) is 6.61 Å². The topological polar surface area (TPSA) is 56.2 Å². The molecule has 0 spiro atoms. The Morgan fingerprint density at radius 2 is 2.27 bits per heavy atom. The van der Waals surface area contributed by atoms with Gasteiger partial charge in [-0.2, -0.15) is 18.3 Å². The smallest absolute Gasteiger partial charge is 0.376 e. The number of nitrogens with one attached hydrogen (secondary N) is 1. The molecule has 0 unspecified atom stereocenters. The van der Waals surface area contributed by atoms with E-state index in [4.69, 9.17) is 16.3 Å². The van der Waals surface area contributed by atoms with Gasteiger partial charge in [0.05, 0.1) is 22.9 Å². The number of amides is 1. The highest BCUT2D eigenvalue weighted by atomic mass is 35.5. The van der Waals surface area contributed by atoms with Gasteiger partial charge in [-0.3, -0.25) is 9.48 Å². The van der Waals surface area contributed by atoms with Crippen molar-refractivity contribution in [1.82, 2.24) is 15.1 Å². The van der Waals surface area contributed by atoms with Crippen LogP contribution in [0.1, 0.15) is 31.2 Å². The van der Waals surface area contributed by atoms with Crippen LogP contribution in [0.25, 0.3) is 0 Å². The molecule has 0 saturated carbocycles. The van der Waals surface area contributed by atoms with Crippen molar-refractivity contribution in [1.29, 1.82) is 0 Å². The monoisotopic (exact) mass is 339 g/mol. The van der Waals surface area contributed by atoms with Crippen LogP contribution in [-0.4, -0.2) is 34.4 Å². The summed E-state index contributed by atoms with van der Waals surface area (Å²) in [6.07, 6.45) is -2.91. The first kappa shape index (κ1) is 17.1. The minimum Gasteiger partial charge on any atom is -0.376 e. The van der Waals surface area contributed by atoms with E-state index >= 15 is 0 Å². The Bertz CT molecular complexity index is 553. The van der Waals surface area contributed by atoms with Crippen molar-refractivity contribution < 1.29 is 22.7 Å².